The van der Waals surface area contributed by atoms with Crippen LogP contribution in [0.25, 0.3) is 45.5 Å². The van der Waals surface area contributed by atoms with Crippen LogP contribution in [0.15, 0.2) is 123 Å². The van der Waals surface area contributed by atoms with Crippen molar-refractivity contribution in [2.45, 2.75) is 24.6 Å². The van der Waals surface area contributed by atoms with Crippen molar-refractivity contribution in [1.82, 2.24) is 24.5 Å². The van der Waals surface area contributed by atoms with Gasteiger partial charge in [0.1, 0.15) is 23.5 Å². The lowest BCUT2D eigenvalue weighted by atomic mass is 10.1. The standard InChI is InChI=1S/C37H27F3IN7O2S/c1-23-4-3-5-24(2)34(23)48-32(33-18-31(46-50-33)27-10-6-25(19-41)7-11-27)21-51-36(48)44-43-20-26-8-12-28(13-9-26)35-42-22-47(45-35)29-14-16-30(17-15-29)49-37(38,39)40/h3-18,20-22H,19H2,1-2H3/b43-20+,44-36-. The number of halogens is 4. The van der Waals surface area contributed by atoms with E-state index >= 15 is 0 Å². The molecule has 0 radical (unpaired) electrons. The van der Waals surface area contributed by atoms with E-state index in [9.17, 15) is 13.2 Å². The van der Waals surface area contributed by atoms with Crippen molar-refractivity contribution in [3.63, 3.8) is 0 Å². The Balaban J connectivity index is 1.13. The third-order valence-electron chi connectivity index (χ3n) is 7.88. The van der Waals surface area contributed by atoms with Crippen molar-refractivity contribution in [2.75, 3.05) is 0 Å². The molecule has 7 aromatic rings. The van der Waals surface area contributed by atoms with Crippen LogP contribution >= 0.6 is 33.9 Å². The van der Waals surface area contributed by atoms with Gasteiger partial charge in [0.25, 0.3) is 0 Å². The zero-order chi connectivity index (χ0) is 35.5. The van der Waals surface area contributed by atoms with E-state index in [1.165, 1.54) is 52.2 Å². The molecule has 0 spiro atoms. The van der Waals surface area contributed by atoms with E-state index in [2.05, 4.69) is 108 Å². The summed E-state index contributed by atoms with van der Waals surface area (Å²) in [6.07, 6.45) is -1.60. The Bertz CT molecular complexity index is 2370. The average molecular weight is 818 g/mol. The molecule has 0 aliphatic heterocycles. The number of ether oxygens (including phenoxy) is 1. The highest BCUT2D eigenvalue weighted by molar-refractivity contribution is 14.1. The molecule has 4 aromatic carbocycles. The molecule has 7 rings (SSSR count). The lowest BCUT2D eigenvalue weighted by Crippen LogP contribution is -2.17. The van der Waals surface area contributed by atoms with Crippen LogP contribution in [-0.2, 0) is 4.43 Å². The molecule has 14 heteroatoms. The van der Waals surface area contributed by atoms with Gasteiger partial charge in [0.2, 0.25) is 4.80 Å². The van der Waals surface area contributed by atoms with Gasteiger partial charge >= 0.3 is 6.36 Å². The second-order valence-corrected chi connectivity index (χ2v) is 13.0. The molecule has 0 bridgehead atoms. The van der Waals surface area contributed by atoms with Gasteiger partial charge < -0.3 is 9.26 Å². The van der Waals surface area contributed by atoms with Crippen LogP contribution in [0.3, 0.4) is 0 Å². The third kappa shape index (κ3) is 7.71. The number of hydrogen-bond donors (Lipinski definition) is 0. The second-order valence-electron chi connectivity index (χ2n) is 11.4. The van der Waals surface area contributed by atoms with E-state index in [1.54, 1.807) is 6.21 Å². The Morgan fingerprint density at radius 3 is 2.31 bits per heavy atom. The topological polar surface area (TPSA) is 95.6 Å². The number of thiazole rings is 1. The van der Waals surface area contributed by atoms with Gasteiger partial charge in [0.05, 0.1) is 17.6 Å². The van der Waals surface area contributed by atoms with Crippen molar-refractivity contribution >= 4 is 40.1 Å². The van der Waals surface area contributed by atoms with Crippen molar-refractivity contribution in [2.24, 2.45) is 10.2 Å². The summed E-state index contributed by atoms with van der Waals surface area (Å²) in [6, 6.07) is 29.2. The minimum absolute atomic E-state index is 0.312. The largest absolute Gasteiger partial charge is 0.573 e. The number of benzene rings is 4. The molecule has 3 heterocycles. The van der Waals surface area contributed by atoms with Gasteiger partial charge in [-0.05, 0) is 60.4 Å². The monoisotopic (exact) mass is 817 g/mol. The van der Waals surface area contributed by atoms with Crippen LogP contribution in [0.1, 0.15) is 22.3 Å². The Morgan fingerprint density at radius 1 is 0.922 bits per heavy atom. The third-order valence-corrected chi connectivity index (χ3v) is 9.58. The molecule has 0 aliphatic rings. The molecule has 0 unspecified atom stereocenters. The maximum atomic E-state index is 12.5. The lowest BCUT2D eigenvalue weighted by Gasteiger charge is -2.13. The molecule has 3 aromatic heterocycles. The van der Waals surface area contributed by atoms with E-state index in [1.807, 2.05) is 41.8 Å². The summed E-state index contributed by atoms with van der Waals surface area (Å²) in [4.78, 5) is 5.02. The normalized spacial score (nSPS) is 12.2. The molecule has 0 N–H and O–H groups in total. The molecular weight excluding hydrogens is 790 g/mol. The number of aryl methyl sites for hydroxylation is 2. The summed E-state index contributed by atoms with van der Waals surface area (Å²) in [5.74, 6) is 0.756. The van der Waals surface area contributed by atoms with Crippen LogP contribution in [0, 0.1) is 13.8 Å². The van der Waals surface area contributed by atoms with E-state index in [0.29, 0.717) is 22.1 Å². The van der Waals surface area contributed by atoms with Gasteiger partial charge in [-0.1, -0.05) is 94.5 Å². The summed E-state index contributed by atoms with van der Waals surface area (Å²) in [7, 11) is 0. The predicted octanol–water partition coefficient (Wildman–Crippen LogP) is 9.49. The second kappa shape index (κ2) is 14.5. The number of aromatic nitrogens is 5. The number of para-hydroxylation sites is 1. The van der Waals surface area contributed by atoms with Crippen molar-refractivity contribution in [3.05, 3.63) is 136 Å². The Kier molecular flexibility index (Phi) is 9.69. The Morgan fingerprint density at radius 2 is 1.63 bits per heavy atom. The highest BCUT2D eigenvalue weighted by atomic mass is 127. The number of nitrogens with zero attached hydrogens (tertiary/aromatic N) is 7. The van der Waals surface area contributed by atoms with Crippen LogP contribution in [0.4, 0.5) is 13.2 Å². The first-order valence-corrected chi connectivity index (χ1v) is 17.9. The zero-order valence-corrected chi connectivity index (χ0v) is 30.0. The quantitative estimate of drug-likeness (QED) is 0.0627. The molecule has 0 saturated carbocycles. The number of alkyl halides is 4. The number of rotatable bonds is 9. The summed E-state index contributed by atoms with van der Waals surface area (Å²) >= 11 is 3.80. The first-order valence-electron chi connectivity index (χ1n) is 15.5. The molecule has 0 saturated heterocycles. The van der Waals surface area contributed by atoms with E-state index in [0.717, 1.165) is 49.3 Å². The van der Waals surface area contributed by atoms with Gasteiger partial charge in [-0.2, -0.15) is 5.10 Å². The van der Waals surface area contributed by atoms with Gasteiger partial charge in [0, 0.05) is 27.0 Å². The van der Waals surface area contributed by atoms with E-state index in [-0.39, 0.29) is 5.75 Å². The zero-order valence-electron chi connectivity index (χ0n) is 27.0. The van der Waals surface area contributed by atoms with Crippen molar-refractivity contribution in [3.8, 4) is 51.2 Å². The summed E-state index contributed by atoms with van der Waals surface area (Å²) in [5, 5.41) is 19.9. The SMILES string of the molecule is Cc1cccc(C)c1-n1c(-c2cc(-c3ccc(CI)cc3)no2)cs/c1=N\N=C\c1ccc(-c2ncn(-c3ccc(OC(F)(F)F)cc3)n2)cc1. The van der Waals surface area contributed by atoms with E-state index < -0.39 is 6.36 Å². The molecule has 0 amide bonds. The average Bonchev–Trinajstić information content (AvgIpc) is 3.90. The van der Waals surface area contributed by atoms with Crippen molar-refractivity contribution in [1.29, 1.82) is 0 Å². The highest BCUT2D eigenvalue weighted by Gasteiger charge is 2.31. The fourth-order valence-electron chi connectivity index (χ4n) is 5.41. The van der Waals surface area contributed by atoms with Crippen LogP contribution in [-0.4, -0.2) is 37.1 Å². The lowest BCUT2D eigenvalue weighted by molar-refractivity contribution is -0.274. The molecule has 0 fully saturated rings. The molecule has 0 atom stereocenters. The highest BCUT2D eigenvalue weighted by Crippen LogP contribution is 2.31. The van der Waals surface area contributed by atoms with E-state index in [4.69, 9.17) is 4.52 Å². The smallest absolute Gasteiger partial charge is 0.406 e. The van der Waals surface area contributed by atoms with Crippen LogP contribution < -0.4 is 9.54 Å². The molecular formula is C37H27F3IN7O2S. The summed E-state index contributed by atoms with van der Waals surface area (Å²) in [5.41, 5.74) is 9.04. The minimum atomic E-state index is -4.76. The summed E-state index contributed by atoms with van der Waals surface area (Å²) < 4.78 is 51.8. The Hall–Kier alpha value is -5.35. The predicted molar refractivity (Wildman–Crippen MR) is 198 cm³/mol. The van der Waals surface area contributed by atoms with Gasteiger partial charge in [-0.15, -0.1) is 34.7 Å². The van der Waals surface area contributed by atoms with Gasteiger partial charge in [-0.25, -0.2) is 9.67 Å². The Labute approximate surface area is 307 Å². The molecule has 0 aliphatic carbocycles. The van der Waals surface area contributed by atoms with Crippen LogP contribution in [0.5, 0.6) is 5.75 Å². The maximum Gasteiger partial charge on any atom is 0.573 e. The first kappa shape index (κ1) is 34.1. The fourth-order valence-corrected chi connectivity index (χ4v) is 6.74. The molecule has 51 heavy (non-hydrogen) atoms. The fraction of sp³-hybridized carbons (Fsp3) is 0.108. The van der Waals surface area contributed by atoms with Crippen LogP contribution in [0.2, 0.25) is 0 Å². The van der Waals surface area contributed by atoms with Crippen molar-refractivity contribution < 1.29 is 22.4 Å². The summed E-state index contributed by atoms with van der Waals surface area (Å²) in [6.45, 7) is 4.13. The van der Waals surface area contributed by atoms with Gasteiger partial charge in [-0.3, -0.25) is 4.57 Å². The number of hydrogen-bond acceptors (Lipinski definition) is 8. The van der Waals surface area contributed by atoms with Gasteiger partial charge in [0.15, 0.2) is 11.6 Å². The molecule has 9 nitrogen and oxygen atoms in total. The maximum absolute atomic E-state index is 12.5. The minimum Gasteiger partial charge on any atom is -0.406 e. The molecule has 256 valence electrons. The first-order chi connectivity index (χ1) is 24.6.